The Morgan fingerprint density at radius 2 is 0.486 bits per heavy atom. The van der Waals surface area contributed by atoms with Crippen LogP contribution in [0.5, 0.6) is 0 Å². The van der Waals surface area contributed by atoms with Crippen molar-refractivity contribution in [2.75, 3.05) is 0 Å². The molecule has 0 spiro atoms. The molecule has 0 aliphatic carbocycles. The number of benzene rings is 11. The Morgan fingerprint density at radius 1 is 0.243 bits per heavy atom. The maximum absolute atomic E-state index is 15.1. The van der Waals surface area contributed by atoms with Gasteiger partial charge in [-0.25, -0.2) is 0 Å². The molecular formula is C77H36F27N3. The Kier molecular flexibility index (Phi) is 17.4. The van der Waals surface area contributed by atoms with Crippen molar-refractivity contribution in [2.24, 2.45) is 0 Å². The van der Waals surface area contributed by atoms with Crippen molar-refractivity contribution in [3.63, 3.8) is 0 Å². The zero-order chi connectivity index (χ0) is 77.7. The molecule has 0 unspecified atom stereocenters. The molecule has 0 fully saturated rings. The third kappa shape index (κ3) is 14.0. The van der Waals surface area contributed by atoms with Gasteiger partial charge in [0.15, 0.2) is 0 Å². The molecule has 0 aliphatic heterocycles. The van der Waals surface area contributed by atoms with Crippen LogP contribution in [0, 0.1) is 18.3 Å². The molecule has 13 rings (SSSR count). The Morgan fingerprint density at radius 3 is 0.757 bits per heavy atom. The molecule has 0 saturated heterocycles. The zero-order valence-electron chi connectivity index (χ0n) is 53.1. The lowest BCUT2D eigenvalue weighted by atomic mass is 9.87. The normalized spacial score (nSPS) is 13.2. The second-order valence-corrected chi connectivity index (χ2v) is 24.9. The molecule has 0 saturated carbocycles. The van der Waals surface area contributed by atoms with E-state index in [0.717, 1.165) is 84.9 Å². The third-order valence-electron chi connectivity index (χ3n) is 17.9. The van der Waals surface area contributed by atoms with Crippen molar-refractivity contribution in [3.8, 4) is 84.2 Å². The lowest BCUT2D eigenvalue weighted by Crippen LogP contribution is -2.11. The average Bonchev–Trinajstić information content (AvgIpc) is 1.59. The molecule has 13 aromatic rings. The molecule has 30 heteroatoms. The summed E-state index contributed by atoms with van der Waals surface area (Å²) in [5.41, 5.74) is -24.3. The van der Waals surface area contributed by atoms with Crippen LogP contribution in [0.1, 0.15) is 61.2 Å². The maximum atomic E-state index is 15.1. The molecule has 11 aromatic carbocycles. The third-order valence-corrected chi connectivity index (χ3v) is 17.9. The summed E-state index contributed by atoms with van der Waals surface area (Å²) in [6, 6.07) is 26.4. The minimum atomic E-state index is -5.59. The second kappa shape index (κ2) is 25.1. The highest BCUT2D eigenvalue weighted by atomic mass is 19.4. The standard InChI is InChI=1S/C77H36F27N3/c1-36-16-42(18-47(17-36)69(78,79)80)37-8-12-63-57(27-37)60-30-40(45-23-52(74(93,94)95)33-53(24-45)75(96,97)98)11-15-64(60)107(63)66-7-3-5-56(46-25-54(76(99,100)101)34-55(26-46)77(102,103)104)68(66)67-41(35-105)4-2-6-65(67)106-61-13-9-38(43-19-48(70(81,82)83)31-49(20-43)71(84,85)86)28-58(61)59-29-39(10-14-62(59)106)44-21-50(72(87,88)89)32-51(22-44)73(90,91)92/h2-34H,1H3. The largest absolute Gasteiger partial charge is 0.416 e. The lowest BCUT2D eigenvalue weighted by molar-refractivity contribution is -0.144. The second-order valence-electron chi connectivity index (χ2n) is 24.9. The summed E-state index contributed by atoms with van der Waals surface area (Å²) in [6.07, 6.45) is -48.7. The first-order chi connectivity index (χ1) is 49.5. The molecule has 0 radical (unpaired) electrons. The quantitative estimate of drug-likeness (QED) is 0.140. The van der Waals surface area contributed by atoms with Gasteiger partial charge in [0.25, 0.3) is 0 Å². The first-order valence-corrected chi connectivity index (χ1v) is 30.8. The Hall–Kier alpha value is -11.4. The number of alkyl halides is 27. The number of fused-ring (bicyclic) bond motifs is 6. The number of nitriles is 1. The topological polar surface area (TPSA) is 33.6 Å². The van der Waals surface area contributed by atoms with Gasteiger partial charge in [0, 0.05) is 32.7 Å². The minimum absolute atomic E-state index is 0.0373. The Bertz CT molecular complexity index is 5570. The number of rotatable bonds is 8. The molecule has 548 valence electrons. The van der Waals surface area contributed by atoms with Crippen LogP contribution in [0.15, 0.2) is 200 Å². The maximum Gasteiger partial charge on any atom is 0.416 e. The SMILES string of the molecule is Cc1cc(-c2ccc3c(c2)c2cc(-c4cc(C(F)(F)F)cc(C(F)(F)F)c4)ccc2n3-c2cccc(-c3cc(C(F)(F)F)cc(C(F)(F)F)c3)c2-c2c(C#N)cccc2-n2c3ccc(-c4cc(C(F)(F)F)cc(C(F)(F)F)c4)cc3c3cc(-c4cc(C(F)(F)F)cc(C(F)(F)F)c4)ccc32)cc(C(F)(F)F)c1. The zero-order valence-corrected chi connectivity index (χ0v) is 53.1. The van der Waals surface area contributed by atoms with Gasteiger partial charge >= 0.3 is 55.6 Å². The molecular weight excluding hydrogens is 1480 g/mol. The van der Waals surface area contributed by atoms with E-state index >= 15 is 26.3 Å². The van der Waals surface area contributed by atoms with E-state index in [1.165, 1.54) is 58.5 Å². The summed E-state index contributed by atoms with van der Waals surface area (Å²) in [5.74, 6) is 0. The lowest BCUT2D eigenvalue weighted by Gasteiger charge is -2.23. The highest BCUT2D eigenvalue weighted by Gasteiger charge is 2.43. The van der Waals surface area contributed by atoms with Crippen molar-refractivity contribution >= 4 is 43.6 Å². The fourth-order valence-electron chi connectivity index (χ4n) is 13.2. The van der Waals surface area contributed by atoms with Crippen LogP contribution in [-0.2, 0) is 55.6 Å². The molecule has 0 N–H and O–H groups in total. The van der Waals surface area contributed by atoms with E-state index in [1.54, 1.807) is 0 Å². The molecule has 2 heterocycles. The molecule has 107 heavy (non-hydrogen) atoms. The van der Waals surface area contributed by atoms with E-state index < -0.39 is 161 Å². The van der Waals surface area contributed by atoms with E-state index in [2.05, 4.69) is 0 Å². The predicted octanol–water partition coefficient (Wildman–Crippen LogP) is 27.2. The fraction of sp³-hybridized carbons (Fsp3) is 0.130. The van der Waals surface area contributed by atoms with Gasteiger partial charge in [-0.2, -0.15) is 124 Å². The van der Waals surface area contributed by atoms with Gasteiger partial charge in [0.05, 0.1) is 95.1 Å². The van der Waals surface area contributed by atoms with E-state index in [4.69, 9.17) is 0 Å². The van der Waals surface area contributed by atoms with Crippen LogP contribution in [0.3, 0.4) is 0 Å². The van der Waals surface area contributed by atoms with Crippen LogP contribution in [0.4, 0.5) is 119 Å². The van der Waals surface area contributed by atoms with Crippen molar-refractivity contribution in [2.45, 2.75) is 62.5 Å². The molecule has 3 nitrogen and oxygen atoms in total. The van der Waals surface area contributed by atoms with E-state index in [9.17, 15) is 97.5 Å². The minimum Gasteiger partial charge on any atom is -0.309 e. The number of halogens is 27. The molecule has 0 amide bonds. The van der Waals surface area contributed by atoms with Crippen molar-refractivity contribution in [3.05, 3.63) is 261 Å². The fourth-order valence-corrected chi connectivity index (χ4v) is 13.2. The van der Waals surface area contributed by atoms with Gasteiger partial charge < -0.3 is 9.13 Å². The van der Waals surface area contributed by atoms with Crippen molar-refractivity contribution < 1.29 is 119 Å². The first kappa shape index (κ1) is 73.9. The van der Waals surface area contributed by atoms with E-state index in [-0.39, 0.29) is 114 Å². The average molecular weight is 1520 g/mol. The molecule has 2 aromatic heterocycles. The molecule has 0 bridgehead atoms. The summed E-state index contributed by atoms with van der Waals surface area (Å²) in [7, 11) is 0. The molecule has 0 aliphatic rings. The predicted molar refractivity (Wildman–Crippen MR) is 342 cm³/mol. The first-order valence-electron chi connectivity index (χ1n) is 30.8. The highest BCUT2D eigenvalue weighted by molar-refractivity contribution is 6.15. The smallest absolute Gasteiger partial charge is 0.309 e. The van der Waals surface area contributed by atoms with Crippen molar-refractivity contribution in [1.82, 2.24) is 9.13 Å². The van der Waals surface area contributed by atoms with Gasteiger partial charge in [0.2, 0.25) is 0 Å². The van der Waals surface area contributed by atoms with Gasteiger partial charge in [-0.15, -0.1) is 0 Å². The van der Waals surface area contributed by atoms with Crippen LogP contribution >= 0.6 is 0 Å². The summed E-state index contributed by atoms with van der Waals surface area (Å²) in [6.45, 7) is 1.31. The number of hydrogen-bond donors (Lipinski definition) is 0. The summed E-state index contributed by atoms with van der Waals surface area (Å²) in [5, 5.41) is 10.5. The number of aryl methyl sites for hydroxylation is 1. The number of aromatic nitrogens is 2. The van der Waals surface area contributed by atoms with Gasteiger partial charge in [0.1, 0.15) is 0 Å². The summed E-state index contributed by atoms with van der Waals surface area (Å²) >= 11 is 0. The Labute approximate surface area is 582 Å². The monoisotopic (exact) mass is 1520 g/mol. The van der Waals surface area contributed by atoms with E-state index in [0.29, 0.717) is 36.4 Å². The van der Waals surface area contributed by atoms with Gasteiger partial charge in [-0.1, -0.05) is 48.5 Å². The van der Waals surface area contributed by atoms with Gasteiger partial charge in [-0.05, 0) is 220 Å². The van der Waals surface area contributed by atoms with Crippen LogP contribution in [0.2, 0.25) is 0 Å². The van der Waals surface area contributed by atoms with E-state index in [1.807, 2.05) is 6.07 Å². The highest BCUT2D eigenvalue weighted by Crippen LogP contribution is 2.52. The molecule has 0 atom stereocenters. The van der Waals surface area contributed by atoms with Crippen molar-refractivity contribution in [1.29, 1.82) is 5.26 Å². The summed E-state index contributed by atoms with van der Waals surface area (Å²) in [4.78, 5) is 0. The number of hydrogen-bond acceptors (Lipinski definition) is 1. The van der Waals surface area contributed by atoms with Crippen LogP contribution in [0.25, 0.3) is 122 Å². The Balaban J connectivity index is 1.18. The van der Waals surface area contributed by atoms with Crippen LogP contribution in [-0.4, -0.2) is 9.13 Å². The summed E-state index contributed by atoms with van der Waals surface area (Å²) < 4.78 is 398. The number of nitrogens with zero attached hydrogens (tertiary/aromatic N) is 3. The van der Waals surface area contributed by atoms with Gasteiger partial charge in [-0.3, -0.25) is 0 Å². The van der Waals surface area contributed by atoms with Crippen LogP contribution < -0.4 is 0 Å².